The summed E-state index contributed by atoms with van der Waals surface area (Å²) in [6.07, 6.45) is -0.650. The second kappa shape index (κ2) is 4.00. The van der Waals surface area contributed by atoms with Crippen molar-refractivity contribution in [2.45, 2.75) is 26.5 Å². The van der Waals surface area contributed by atoms with Crippen LogP contribution in [0.5, 0.6) is 0 Å². The zero-order valence-electron chi connectivity index (χ0n) is 10.1. The Labute approximate surface area is 97.9 Å². The minimum Gasteiger partial charge on any atom is -0.392 e. The summed E-state index contributed by atoms with van der Waals surface area (Å²) in [5.41, 5.74) is 1.45. The number of rotatable bonds is 2. The third kappa shape index (κ3) is 1.86. The summed E-state index contributed by atoms with van der Waals surface area (Å²) in [5.74, 6) is -0.345. The van der Waals surface area contributed by atoms with Crippen LogP contribution in [0.1, 0.15) is 12.5 Å². The average molecular weight is 238 g/mol. The van der Waals surface area contributed by atoms with E-state index in [0.29, 0.717) is 16.6 Å². The third-order valence-electron chi connectivity index (χ3n) is 2.87. The van der Waals surface area contributed by atoms with Gasteiger partial charge in [0.2, 0.25) is 0 Å². The van der Waals surface area contributed by atoms with Crippen LogP contribution in [0, 0.1) is 12.7 Å². The largest absolute Gasteiger partial charge is 0.392 e. The zero-order valence-corrected chi connectivity index (χ0v) is 10.1. The van der Waals surface area contributed by atoms with Gasteiger partial charge in [-0.25, -0.2) is 9.18 Å². The van der Waals surface area contributed by atoms with Crippen molar-refractivity contribution in [2.75, 3.05) is 0 Å². The lowest BCUT2D eigenvalue weighted by molar-refractivity contribution is 0.173. The first-order valence-corrected chi connectivity index (χ1v) is 5.45. The molecule has 1 unspecified atom stereocenters. The van der Waals surface area contributed by atoms with Gasteiger partial charge in [0.1, 0.15) is 5.82 Å². The number of halogens is 1. The maximum Gasteiger partial charge on any atom is 0.328 e. The van der Waals surface area contributed by atoms with Gasteiger partial charge in [0.25, 0.3) is 0 Å². The fraction of sp³-hybridized carbons (Fsp3) is 0.417. The van der Waals surface area contributed by atoms with Gasteiger partial charge in [0.05, 0.1) is 23.7 Å². The van der Waals surface area contributed by atoms with Crippen LogP contribution in [0.15, 0.2) is 16.9 Å². The second-order valence-electron chi connectivity index (χ2n) is 4.39. The number of aliphatic hydroxyl groups is 1. The van der Waals surface area contributed by atoms with Crippen LogP contribution in [0.4, 0.5) is 4.39 Å². The van der Waals surface area contributed by atoms with Gasteiger partial charge in [0.15, 0.2) is 0 Å². The highest BCUT2D eigenvalue weighted by Gasteiger charge is 2.14. The van der Waals surface area contributed by atoms with Crippen LogP contribution in [0.2, 0.25) is 0 Å². The summed E-state index contributed by atoms with van der Waals surface area (Å²) in [6, 6.07) is 2.99. The predicted molar refractivity (Wildman–Crippen MR) is 63.6 cm³/mol. The number of hydrogen-bond donors (Lipinski definition) is 1. The topological polar surface area (TPSA) is 47.2 Å². The van der Waals surface area contributed by atoms with E-state index in [1.807, 2.05) is 0 Å². The van der Waals surface area contributed by atoms with Crippen LogP contribution in [0.3, 0.4) is 0 Å². The van der Waals surface area contributed by atoms with Crippen LogP contribution in [-0.2, 0) is 13.6 Å². The van der Waals surface area contributed by atoms with Crippen molar-refractivity contribution >= 4 is 11.0 Å². The third-order valence-corrected chi connectivity index (χ3v) is 2.87. The van der Waals surface area contributed by atoms with E-state index in [1.165, 1.54) is 15.2 Å². The van der Waals surface area contributed by atoms with E-state index in [4.69, 9.17) is 0 Å². The van der Waals surface area contributed by atoms with Gasteiger partial charge < -0.3 is 5.11 Å². The predicted octanol–water partition coefficient (Wildman–Crippen LogP) is 1.17. The maximum atomic E-state index is 13.5. The molecular formula is C12H15FN2O2. The van der Waals surface area contributed by atoms with E-state index < -0.39 is 6.10 Å². The monoisotopic (exact) mass is 238 g/mol. The van der Waals surface area contributed by atoms with Crippen LogP contribution in [-0.4, -0.2) is 20.3 Å². The Morgan fingerprint density at radius 3 is 2.65 bits per heavy atom. The highest BCUT2D eigenvalue weighted by atomic mass is 19.1. The molecule has 1 aromatic carbocycles. The summed E-state index contributed by atoms with van der Waals surface area (Å²) >= 11 is 0. The highest BCUT2D eigenvalue weighted by Crippen LogP contribution is 2.17. The summed E-state index contributed by atoms with van der Waals surface area (Å²) in [7, 11) is 1.64. The molecule has 0 saturated heterocycles. The van der Waals surface area contributed by atoms with E-state index in [1.54, 1.807) is 27.0 Å². The normalized spacial score (nSPS) is 13.2. The van der Waals surface area contributed by atoms with Crippen molar-refractivity contribution < 1.29 is 9.50 Å². The minimum atomic E-state index is -0.650. The SMILES string of the molecule is Cc1cc2c(cc1F)n(CC(C)O)c(=O)n2C. The molecular weight excluding hydrogens is 223 g/mol. The number of nitrogens with zero attached hydrogens (tertiary/aromatic N) is 2. The first-order chi connectivity index (χ1) is 7.91. The van der Waals surface area contributed by atoms with E-state index in [9.17, 15) is 14.3 Å². The molecule has 0 radical (unpaired) electrons. The number of fused-ring (bicyclic) bond motifs is 1. The first kappa shape index (κ1) is 11.9. The van der Waals surface area contributed by atoms with Gasteiger partial charge in [-0.1, -0.05) is 0 Å². The molecule has 0 saturated carbocycles. The summed E-state index contributed by atoms with van der Waals surface area (Å²) in [4.78, 5) is 11.9. The molecule has 17 heavy (non-hydrogen) atoms. The molecule has 2 aromatic rings. The van der Waals surface area contributed by atoms with Gasteiger partial charge in [-0.3, -0.25) is 9.13 Å². The fourth-order valence-electron chi connectivity index (χ4n) is 1.97. The molecule has 1 aromatic heterocycles. The van der Waals surface area contributed by atoms with Gasteiger partial charge in [-0.05, 0) is 25.5 Å². The lowest BCUT2D eigenvalue weighted by Crippen LogP contribution is -2.26. The number of aliphatic hydroxyl groups excluding tert-OH is 1. The first-order valence-electron chi connectivity index (χ1n) is 5.45. The molecule has 1 atom stereocenters. The molecule has 0 fully saturated rings. The summed E-state index contributed by atoms with van der Waals surface area (Å²) in [5, 5.41) is 9.36. The second-order valence-corrected chi connectivity index (χ2v) is 4.39. The minimum absolute atomic E-state index is 0.165. The molecule has 0 aliphatic rings. The maximum absolute atomic E-state index is 13.5. The molecule has 1 N–H and O–H groups in total. The number of hydrogen-bond acceptors (Lipinski definition) is 2. The Hall–Kier alpha value is -1.62. The fourth-order valence-corrected chi connectivity index (χ4v) is 1.97. The summed E-state index contributed by atoms with van der Waals surface area (Å²) in [6.45, 7) is 3.42. The number of aryl methyl sites for hydroxylation is 2. The number of imidazole rings is 1. The molecule has 5 heteroatoms. The zero-order chi connectivity index (χ0) is 12.7. The van der Waals surface area contributed by atoms with E-state index >= 15 is 0 Å². The van der Waals surface area contributed by atoms with Crippen LogP contribution in [0.25, 0.3) is 11.0 Å². The molecule has 92 valence electrons. The van der Waals surface area contributed by atoms with Crippen molar-refractivity contribution in [2.24, 2.45) is 7.05 Å². The number of benzene rings is 1. The molecule has 0 aliphatic heterocycles. The number of aromatic nitrogens is 2. The van der Waals surface area contributed by atoms with Gasteiger partial charge in [-0.2, -0.15) is 0 Å². The quantitative estimate of drug-likeness (QED) is 0.853. The van der Waals surface area contributed by atoms with E-state index in [0.717, 1.165) is 0 Å². The Morgan fingerprint density at radius 1 is 1.41 bits per heavy atom. The van der Waals surface area contributed by atoms with Crippen molar-refractivity contribution in [1.82, 2.24) is 9.13 Å². The van der Waals surface area contributed by atoms with Crippen molar-refractivity contribution in [1.29, 1.82) is 0 Å². The Kier molecular flexibility index (Phi) is 2.79. The molecule has 0 bridgehead atoms. The highest BCUT2D eigenvalue weighted by molar-refractivity contribution is 5.77. The van der Waals surface area contributed by atoms with Crippen LogP contribution < -0.4 is 5.69 Å². The summed E-state index contributed by atoms with van der Waals surface area (Å²) < 4.78 is 16.4. The average Bonchev–Trinajstić information content (AvgIpc) is 2.45. The molecule has 2 rings (SSSR count). The lowest BCUT2D eigenvalue weighted by Gasteiger charge is -2.05. The Balaban J connectivity index is 2.79. The van der Waals surface area contributed by atoms with Crippen molar-refractivity contribution in [3.05, 3.63) is 34.0 Å². The Bertz CT molecular complexity index is 625. The van der Waals surface area contributed by atoms with E-state index in [2.05, 4.69) is 0 Å². The Morgan fingerprint density at radius 2 is 2.06 bits per heavy atom. The van der Waals surface area contributed by atoms with Crippen molar-refractivity contribution in [3.8, 4) is 0 Å². The van der Waals surface area contributed by atoms with Gasteiger partial charge in [-0.15, -0.1) is 0 Å². The molecule has 0 spiro atoms. The molecule has 0 aliphatic carbocycles. The van der Waals surface area contributed by atoms with Gasteiger partial charge in [0, 0.05) is 13.1 Å². The van der Waals surface area contributed by atoms with E-state index in [-0.39, 0.29) is 18.1 Å². The smallest absolute Gasteiger partial charge is 0.328 e. The lowest BCUT2D eigenvalue weighted by atomic mass is 10.2. The molecule has 0 amide bonds. The molecule has 4 nitrogen and oxygen atoms in total. The van der Waals surface area contributed by atoms with Crippen molar-refractivity contribution in [3.63, 3.8) is 0 Å². The standard InChI is InChI=1S/C12H15FN2O2/c1-7-4-10-11(5-9(7)13)15(6-8(2)16)12(17)14(10)3/h4-5,8,16H,6H2,1-3H3. The molecule has 1 heterocycles. The van der Waals surface area contributed by atoms with Crippen LogP contribution >= 0.6 is 0 Å². The van der Waals surface area contributed by atoms with Gasteiger partial charge >= 0.3 is 5.69 Å².